The Hall–Kier alpha value is -2.23. The summed E-state index contributed by atoms with van der Waals surface area (Å²) in [5.74, 6) is 0. The molecule has 0 spiro atoms. The molecular weight excluding hydrogens is 782 g/mol. The average molecular weight is 828 g/mol. The zero-order valence-electron chi connectivity index (χ0n) is 29.0. The van der Waals surface area contributed by atoms with Gasteiger partial charge in [-0.2, -0.15) is 10.4 Å². The second-order valence-corrected chi connectivity index (χ2v) is 19.5. The second kappa shape index (κ2) is 13.7. The summed E-state index contributed by atoms with van der Waals surface area (Å²) >= 11 is 0. The van der Waals surface area contributed by atoms with E-state index in [1.165, 1.54) is 66.1 Å². The first-order valence-electron chi connectivity index (χ1n) is 15.8. The standard InChI is InChI=1S/C42H46Si.2ClH.Hf/c1-27-25-31-13-11-15-35(29-17-21-33(22-18-29)41(3,4)5)37(31)39(27)43(9,10)40-28(2)26-32-14-12-16-36(38(32)40)30-19-23-34(24-20-30)42(6,7)8;;;/h11-26H,1-10H3;2*1H;/q-2;;;+4/p-2. The van der Waals surface area contributed by atoms with Crippen molar-refractivity contribution in [3.05, 3.63) is 119 Å². The minimum atomic E-state index is -2.18. The fraction of sp³-hybridized carbons (Fsp3) is 0.286. The molecule has 0 aliphatic carbocycles. The van der Waals surface area contributed by atoms with Gasteiger partial charge in [-0.1, -0.05) is 140 Å². The summed E-state index contributed by atoms with van der Waals surface area (Å²) in [5, 5.41) is 8.76. The molecule has 6 aromatic rings. The van der Waals surface area contributed by atoms with E-state index in [4.69, 9.17) is 0 Å². The quantitative estimate of drug-likeness (QED) is 0.177. The molecule has 0 N–H and O–H groups in total. The van der Waals surface area contributed by atoms with Crippen molar-refractivity contribution in [2.45, 2.75) is 79.3 Å². The van der Waals surface area contributed by atoms with Gasteiger partial charge in [-0.15, -0.1) is 69.1 Å². The molecule has 0 amide bonds. The van der Waals surface area contributed by atoms with Crippen molar-refractivity contribution in [1.29, 1.82) is 0 Å². The molecule has 0 aromatic heterocycles. The van der Waals surface area contributed by atoms with Gasteiger partial charge >= 0.3 is 25.8 Å². The molecule has 0 aliphatic rings. The monoisotopic (exact) mass is 828 g/mol. The molecule has 0 saturated heterocycles. The van der Waals surface area contributed by atoms with Crippen molar-refractivity contribution < 1.29 is 50.7 Å². The van der Waals surface area contributed by atoms with Crippen LogP contribution in [0.15, 0.2) is 97.1 Å². The van der Waals surface area contributed by atoms with E-state index in [9.17, 15) is 0 Å². The number of hydrogen-bond donors (Lipinski definition) is 0. The molecule has 0 atom stereocenters. The van der Waals surface area contributed by atoms with Crippen LogP contribution < -0.4 is 35.2 Å². The molecule has 0 nitrogen and oxygen atoms in total. The molecule has 0 radical (unpaired) electrons. The van der Waals surface area contributed by atoms with Gasteiger partial charge in [0.25, 0.3) is 0 Å². The van der Waals surface area contributed by atoms with E-state index in [1.54, 1.807) is 10.4 Å². The zero-order chi connectivity index (χ0) is 30.9. The third kappa shape index (κ3) is 6.70. The number of rotatable bonds is 4. The van der Waals surface area contributed by atoms with Crippen LogP contribution in [0.4, 0.5) is 0 Å². The van der Waals surface area contributed by atoms with Crippen LogP contribution in [0.1, 0.15) is 63.8 Å². The van der Waals surface area contributed by atoms with Crippen molar-refractivity contribution in [3.63, 3.8) is 0 Å². The van der Waals surface area contributed by atoms with E-state index in [-0.39, 0.29) is 61.5 Å². The molecule has 4 heteroatoms. The summed E-state index contributed by atoms with van der Waals surface area (Å²) in [6.07, 6.45) is 0. The number of benzene rings is 4. The van der Waals surface area contributed by atoms with Gasteiger partial charge in [-0.05, 0) is 33.1 Å². The summed E-state index contributed by atoms with van der Waals surface area (Å²) in [7, 11) is -2.18. The van der Waals surface area contributed by atoms with Gasteiger partial charge in [0.05, 0.1) is 0 Å². The predicted octanol–water partition coefficient (Wildman–Crippen LogP) is 4.80. The van der Waals surface area contributed by atoms with Gasteiger partial charge in [0, 0.05) is 8.07 Å². The van der Waals surface area contributed by atoms with E-state index in [2.05, 4.69) is 166 Å². The van der Waals surface area contributed by atoms with Gasteiger partial charge in [0.15, 0.2) is 0 Å². The van der Waals surface area contributed by atoms with E-state index >= 15 is 0 Å². The number of halogens is 2. The number of hydrogen-bond acceptors (Lipinski definition) is 0. The molecule has 0 saturated carbocycles. The average Bonchev–Trinajstić information content (AvgIpc) is 3.48. The molecular formula is C42H46Cl2HfSi. The van der Waals surface area contributed by atoms with Gasteiger partial charge in [-0.25, -0.2) is 0 Å². The van der Waals surface area contributed by atoms with Gasteiger partial charge in [0.1, 0.15) is 0 Å². The van der Waals surface area contributed by atoms with Crippen molar-refractivity contribution in [2.75, 3.05) is 0 Å². The topological polar surface area (TPSA) is 0 Å². The summed E-state index contributed by atoms with van der Waals surface area (Å²) in [6, 6.07) is 37.2. The minimum Gasteiger partial charge on any atom is -1.00 e. The maximum atomic E-state index is 2.58. The Labute approximate surface area is 309 Å². The smallest absolute Gasteiger partial charge is 1.00 e. The van der Waals surface area contributed by atoms with E-state index in [1.807, 2.05) is 0 Å². The molecule has 0 heterocycles. The molecule has 6 aromatic carbocycles. The maximum absolute atomic E-state index is 2.58. The SMILES string of the molecule is Cc1[cH-]c2cccc(-c3ccc(C(C)(C)C)cc3)c2c1[Si](C)(C)c1c(C)[cH-]c2cccc(-c3ccc(C(C)(C)C)cc3)c12.[Cl-].[Cl-].[Hf+4]. The first-order valence-corrected chi connectivity index (χ1v) is 18.8. The van der Waals surface area contributed by atoms with Crippen molar-refractivity contribution in [2.24, 2.45) is 0 Å². The van der Waals surface area contributed by atoms with Crippen LogP contribution in [0.2, 0.25) is 13.1 Å². The van der Waals surface area contributed by atoms with Gasteiger partial charge in [-0.3, -0.25) is 0 Å². The van der Waals surface area contributed by atoms with Crippen LogP contribution in [-0.2, 0) is 36.7 Å². The maximum Gasteiger partial charge on any atom is 4.00 e. The Bertz CT molecular complexity index is 1810. The first-order chi connectivity index (χ1) is 20.2. The van der Waals surface area contributed by atoms with Crippen LogP contribution in [-0.4, -0.2) is 8.07 Å². The van der Waals surface area contributed by atoms with Crippen LogP contribution in [0, 0.1) is 13.8 Å². The van der Waals surface area contributed by atoms with Crippen LogP contribution in [0.5, 0.6) is 0 Å². The van der Waals surface area contributed by atoms with Crippen LogP contribution in [0.25, 0.3) is 43.8 Å². The molecule has 0 aliphatic heterocycles. The van der Waals surface area contributed by atoms with E-state index in [0.29, 0.717) is 0 Å². The second-order valence-electron chi connectivity index (χ2n) is 15.2. The molecule has 46 heavy (non-hydrogen) atoms. The van der Waals surface area contributed by atoms with E-state index in [0.717, 1.165) is 0 Å². The van der Waals surface area contributed by atoms with Crippen LogP contribution >= 0.6 is 0 Å². The Morgan fingerprint density at radius 2 is 0.826 bits per heavy atom. The fourth-order valence-electron chi connectivity index (χ4n) is 7.46. The predicted molar refractivity (Wildman–Crippen MR) is 194 cm³/mol. The first kappa shape index (κ1) is 38.2. The summed E-state index contributed by atoms with van der Waals surface area (Å²) in [4.78, 5) is 0. The van der Waals surface area contributed by atoms with E-state index < -0.39 is 8.07 Å². The Morgan fingerprint density at radius 1 is 0.500 bits per heavy atom. The minimum absolute atomic E-state index is 0. The van der Waals surface area contributed by atoms with Gasteiger partial charge in [0.2, 0.25) is 0 Å². The number of fused-ring (bicyclic) bond motifs is 2. The van der Waals surface area contributed by atoms with Crippen LogP contribution in [0.3, 0.4) is 0 Å². The normalized spacial score (nSPS) is 12.0. The van der Waals surface area contributed by atoms with Crippen molar-refractivity contribution >= 4 is 40.0 Å². The zero-order valence-corrected chi connectivity index (χ0v) is 35.1. The summed E-state index contributed by atoms with van der Waals surface area (Å²) < 4.78 is 0. The Balaban J connectivity index is 0.00000192. The van der Waals surface area contributed by atoms with Crippen molar-refractivity contribution in [3.8, 4) is 22.3 Å². The third-order valence-electron chi connectivity index (χ3n) is 9.60. The fourth-order valence-corrected chi connectivity index (χ4v) is 11.6. The molecule has 0 fully saturated rings. The van der Waals surface area contributed by atoms with Gasteiger partial charge < -0.3 is 24.8 Å². The number of aryl methyl sites for hydroxylation is 2. The molecule has 236 valence electrons. The molecule has 6 rings (SSSR count). The Kier molecular flexibility index (Phi) is 11.4. The molecule has 0 unspecified atom stereocenters. The van der Waals surface area contributed by atoms with Crippen molar-refractivity contribution in [1.82, 2.24) is 0 Å². The largest absolute Gasteiger partial charge is 4.00 e. The summed E-state index contributed by atoms with van der Waals surface area (Å²) in [5.41, 5.74) is 11.2. The Morgan fingerprint density at radius 3 is 1.13 bits per heavy atom. The third-order valence-corrected chi connectivity index (χ3v) is 13.4. The summed E-state index contributed by atoms with van der Waals surface area (Å²) in [6.45, 7) is 23.6. The molecule has 0 bridgehead atoms.